The lowest BCUT2D eigenvalue weighted by Crippen LogP contribution is -2.30. The lowest BCUT2D eigenvalue weighted by Gasteiger charge is -2.31. The number of halogens is 3. The highest BCUT2D eigenvalue weighted by atomic mass is 19.4. The van der Waals surface area contributed by atoms with E-state index in [0.717, 1.165) is 19.4 Å². The fraction of sp³-hybridized carbons (Fsp3) is 0.692. The van der Waals surface area contributed by atoms with E-state index in [4.69, 9.17) is 0 Å². The van der Waals surface area contributed by atoms with Gasteiger partial charge in [0.2, 0.25) is 5.82 Å². The van der Waals surface area contributed by atoms with Crippen LogP contribution in [0.5, 0.6) is 0 Å². The summed E-state index contributed by atoms with van der Waals surface area (Å²) < 4.78 is 38.5. The van der Waals surface area contributed by atoms with Crippen LogP contribution in [-0.2, 0) is 6.18 Å². The molecular formula is C13H19F3N4. The van der Waals surface area contributed by atoms with Crippen molar-refractivity contribution in [2.45, 2.75) is 32.4 Å². The summed E-state index contributed by atoms with van der Waals surface area (Å²) in [7, 11) is 1.77. The summed E-state index contributed by atoms with van der Waals surface area (Å²) in [6.45, 7) is 3.06. The Labute approximate surface area is 116 Å². The quantitative estimate of drug-likeness (QED) is 0.903. The third-order valence-electron chi connectivity index (χ3n) is 3.47. The van der Waals surface area contributed by atoms with Gasteiger partial charge in [-0.3, -0.25) is 0 Å². The molecule has 0 radical (unpaired) electrons. The minimum absolute atomic E-state index is 0.213. The number of nitrogens with one attached hydrogen (secondary N) is 1. The summed E-state index contributed by atoms with van der Waals surface area (Å²) in [4.78, 5) is 8.94. The number of alkyl halides is 3. The Morgan fingerprint density at radius 3 is 2.55 bits per heavy atom. The third kappa shape index (κ3) is 3.52. The van der Waals surface area contributed by atoms with E-state index >= 15 is 0 Å². The molecule has 1 aromatic rings. The van der Waals surface area contributed by atoms with Crippen molar-refractivity contribution in [3.05, 3.63) is 11.9 Å². The van der Waals surface area contributed by atoms with Crippen molar-refractivity contribution in [3.8, 4) is 0 Å². The van der Waals surface area contributed by atoms with Crippen LogP contribution in [0.15, 0.2) is 6.07 Å². The zero-order valence-corrected chi connectivity index (χ0v) is 11.7. The number of anilines is 2. The molecule has 2 rings (SSSR count). The van der Waals surface area contributed by atoms with Crippen LogP contribution < -0.4 is 10.2 Å². The zero-order chi connectivity index (χ0) is 14.8. The van der Waals surface area contributed by atoms with Crippen LogP contribution in [0.3, 0.4) is 0 Å². The first-order valence-corrected chi connectivity index (χ1v) is 6.81. The Kier molecular flexibility index (Phi) is 4.35. The van der Waals surface area contributed by atoms with Gasteiger partial charge in [0.05, 0.1) is 0 Å². The predicted octanol–water partition coefficient (Wildman–Crippen LogP) is 3.16. The molecule has 1 heterocycles. The van der Waals surface area contributed by atoms with Crippen LogP contribution in [0.2, 0.25) is 0 Å². The van der Waals surface area contributed by atoms with Crippen molar-refractivity contribution in [2.24, 2.45) is 5.92 Å². The van der Waals surface area contributed by atoms with Gasteiger partial charge in [0.1, 0.15) is 11.6 Å². The maximum atomic E-state index is 12.8. The van der Waals surface area contributed by atoms with Crippen molar-refractivity contribution >= 4 is 11.6 Å². The Bertz CT molecular complexity index is 457. The first-order chi connectivity index (χ1) is 9.40. The van der Waals surface area contributed by atoms with Gasteiger partial charge in [0.25, 0.3) is 0 Å². The number of rotatable bonds is 5. The monoisotopic (exact) mass is 288 g/mol. The van der Waals surface area contributed by atoms with E-state index in [-0.39, 0.29) is 5.82 Å². The highest BCUT2D eigenvalue weighted by molar-refractivity contribution is 5.49. The topological polar surface area (TPSA) is 41.0 Å². The fourth-order valence-electron chi connectivity index (χ4n) is 2.18. The molecule has 0 amide bonds. The van der Waals surface area contributed by atoms with E-state index in [1.807, 2.05) is 6.92 Å². The molecule has 0 atom stereocenters. The lowest BCUT2D eigenvalue weighted by molar-refractivity contribution is -0.144. The van der Waals surface area contributed by atoms with Crippen molar-refractivity contribution < 1.29 is 13.2 Å². The second kappa shape index (κ2) is 5.85. The molecule has 0 unspecified atom stereocenters. The highest BCUT2D eigenvalue weighted by Gasteiger charge is 2.36. The Morgan fingerprint density at radius 1 is 1.35 bits per heavy atom. The molecule has 1 aliphatic carbocycles. The Morgan fingerprint density at radius 2 is 2.05 bits per heavy atom. The van der Waals surface area contributed by atoms with Crippen LogP contribution in [0.1, 0.15) is 32.0 Å². The summed E-state index contributed by atoms with van der Waals surface area (Å²) in [6.07, 6.45) is -1.04. The summed E-state index contributed by atoms with van der Waals surface area (Å²) >= 11 is 0. The minimum atomic E-state index is -4.53. The number of nitrogens with zero attached hydrogens (tertiary/aromatic N) is 3. The molecule has 0 bridgehead atoms. The van der Waals surface area contributed by atoms with Gasteiger partial charge in [0, 0.05) is 26.2 Å². The molecule has 112 valence electrons. The maximum absolute atomic E-state index is 12.8. The van der Waals surface area contributed by atoms with Crippen molar-refractivity contribution in [1.29, 1.82) is 0 Å². The summed E-state index contributed by atoms with van der Waals surface area (Å²) in [5.74, 6) is -0.00115. The van der Waals surface area contributed by atoms with Gasteiger partial charge in [-0.05, 0) is 25.7 Å². The third-order valence-corrected chi connectivity index (χ3v) is 3.47. The zero-order valence-electron chi connectivity index (χ0n) is 11.7. The molecule has 7 heteroatoms. The smallest absolute Gasteiger partial charge is 0.370 e. The number of aromatic nitrogens is 2. The summed E-state index contributed by atoms with van der Waals surface area (Å²) in [5.41, 5.74) is 0. The first kappa shape index (κ1) is 14.9. The minimum Gasteiger partial charge on any atom is -0.370 e. The highest BCUT2D eigenvalue weighted by Crippen LogP contribution is 2.31. The van der Waals surface area contributed by atoms with Crippen LogP contribution in [0.4, 0.5) is 24.8 Å². The molecule has 20 heavy (non-hydrogen) atoms. The largest absolute Gasteiger partial charge is 0.451 e. The number of hydrogen-bond acceptors (Lipinski definition) is 4. The average molecular weight is 288 g/mol. The van der Waals surface area contributed by atoms with Crippen molar-refractivity contribution in [2.75, 3.05) is 30.4 Å². The van der Waals surface area contributed by atoms with Gasteiger partial charge in [-0.2, -0.15) is 13.2 Å². The Balaban J connectivity index is 2.23. The van der Waals surface area contributed by atoms with Gasteiger partial charge < -0.3 is 10.2 Å². The summed E-state index contributed by atoms with van der Waals surface area (Å²) in [6, 6.07) is 1.57. The molecule has 4 nitrogen and oxygen atoms in total. The second-order valence-corrected chi connectivity index (χ2v) is 5.14. The molecular weight excluding hydrogens is 269 g/mol. The molecule has 1 fully saturated rings. The maximum Gasteiger partial charge on any atom is 0.451 e. The number of hydrogen-bond donors (Lipinski definition) is 1. The second-order valence-electron chi connectivity index (χ2n) is 5.14. The van der Waals surface area contributed by atoms with Gasteiger partial charge in [-0.1, -0.05) is 6.42 Å². The van der Waals surface area contributed by atoms with Gasteiger partial charge >= 0.3 is 6.18 Å². The van der Waals surface area contributed by atoms with Crippen molar-refractivity contribution in [3.63, 3.8) is 0 Å². The molecule has 1 N–H and O–H groups in total. The van der Waals surface area contributed by atoms with E-state index in [9.17, 15) is 13.2 Å². The molecule has 0 aromatic carbocycles. The van der Waals surface area contributed by atoms with Crippen LogP contribution in [0.25, 0.3) is 0 Å². The Hall–Kier alpha value is -1.53. The molecule has 1 aliphatic rings. The van der Waals surface area contributed by atoms with Crippen LogP contribution in [-0.4, -0.2) is 30.1 Å². The molecule has 1 saturated carbocycles. The molecule has 0 saturated heterocycles. The van der Waals surface area contributed by atoms with Crippen LogP contribution >= 0.6 is 0 Å². The standard InChI is InChI=1S/C13H19F3N4/c1-3-17-10-7-11(19-12(18-10)13(14,15)16)20(2)8-9-5-4-6-9/h7,9H,3-6,8H2,1-2H3,(H,17,18,19). The first-order valence-electron chi connectivity index (χ1n) is 6.81. The van der Waals surface area contributed by atoms with Gasteiger partial charge in [-0.15, -0.1) is 0 Å². The summed E-state index contributed by atoms with van der Waals surface area (Å²) in [5, 5.41) is 2.82. The van der Waals surface area contributed by atoms with Crippen LogP contribution in [0, 0.1) is 5.92 Å². The van der Waals surface area contributed by atoms with E-state index in [1.54, 1.807) is 18.0 Å². The predicted molar refractivity (Wildman–Crippen MR) is 71.8 cm³/mol. The fourth-order valence-corrected chi connectivity index (χ4v) is 2.18. The van der Waals surface area contributed by atoms with Gasteiger partial charge in [-0.25, -0.2) is 9.97 Å². The lowest BCUT2D eigenvalue weighted by atomic mass is 9.85. The van der Waals surface area contributed by atoms with E-state index in [0.29, 0.717) is 18.3 Å². The normalized spacial score (nSPS) is 15.8. The molecule has 1 aromatic heterocycles. The van der Waals surface area contributed by atoms with E-state index < -0.39 is 12.0 Å². The average Bonchev–Trinajstić information content (AvgIpc) is 2.32. The van der Waals surface area contributed by atoms with Gasteiger partial charge in [0.15, 0.2) is 0 Å². The van der Waals surface area contributed by atoms with E-state index in [1.165, 1.54) is 6.42 Å². The molecule has 0 spiro atoms. The van der Waals surface area contributed by atoms with Crippen molar-refractivity contribution in [1.82, 2.24) is 9.97 Å². The SMILES string of the molecule is CCNc1cc(N(C)CC2CCC2)nc(C(F)(F)F)n1. The van der Waals surface area contributed by atoms with E-state index in [2.05, 4.69) is 15.3 Å². The molecule has 0 aliphatic heterocycles.